The number of hydrogen-bond acceptors (Lipinski definition) is 4. The molecule has 0 spiro atoms. The summed E-state index contributed by atoms with van der Waals surface area (Å²) < 4.78 is 2.49. The molecule has 1 aromatic carbocycles. The number of benzene rings is 1. The van der Waals surface area contributed by atoms with Gasteiger partial charge in [-0.15, -0.1) is 0 Å². The van der Waals surface area contributed by atoms with Gasteiger partial charge < -0.3 is 9.80 Å². The number of nitrogens with zero attached hydrogens (tertiary/aromatic N) is 3. The molecule has 140 valence electrons. The van der Waals surface area contributed by atoms with Crippen LogP contribution in [-0.2, 0) is 0 Å². The monoisotopic (exact) mass is 361 g/mol. The highest BCUT2D eigenvalue weighted by atomic mass is 32.2. The van der Waals surface area contributed by atoms with Crippen molar-refractivity contribution in [3.05, 3.63) is 29.8 Å². The minimum Gasteiger partial charge on any atom is -0.372 e. The minimum absolute atomic E-state index is 0.623. The predicted molar refractivity (Wildman–Crippen MR) is 112 cm³/mol. The van der Waals surface area contributed by atoms with Crippen molar-refractivity contribution in [3.8, 4) is 0 Å². The number of piperazine rings is 1. The summed E-state index contributed by atoms with van der Waals surface area (Å²) >= 11 is 1.90. The van der Waals surface area contributed by atoms with Gasteiger partial charge in [-0.3, -0.25) is 0 Å². The molecule has 2 fully saturated rings. The van der Waals surface area contributed by atoms with Gasteiger partial charge in [0.15, 0.2) is 0 Å². The quantitative estimate of drug-likeness (QED) is 0.698. The second kappa shape index (κ2) is 9.29. The fourth-order valence-electron chi connectivity index (χ4n) is 4.05. The van der Waals surface area contributed by atoms with Crippen molar-refractivity contribution in [1.29, 1.82) is 0 Å². The van der Waals surface area contributed by atoms with Crippen molar-refractivity contribution in [2.24, 2.45) is 5.92 Å². The lowest BCUT2D eigenvalue weighted by molar-refractivity contribution is 0.180. The van der Waals surface area contributed by atoms with Crippen molar-refractivity contribution < 1.29 is 0 Å². The van der Waals surface area contributed by atoms with Gasteiger partial charge in [0.25, 0.3) is 0 Å². The zero-order chi connectivity index (χ0) is 17.6. The van der Waals surface area contributed by atoms with Gasteiger partial charge in [-0.25, -0.2) is 4.31 Å². The van der Waals surface area contributed by atoms with Crippen LogP contribution in [0.1, 0.15) is 44.6 Å². The third kappa shape index (κ3) is 5.38. The first-order valence-electron chi connectivity index (χ1n) is 10.0. The zero-order valence-corrected chi connectivity index (χ0v) is 17.1. The standard InChI is InChI=1S/C21H35N3S/c1-18(2)20-4-6-21(7-5-20)23-12-9-19(10-13-23)8-11-22-14-16-24(25-3)17-15-22/h4-7,18-19H,8-17H2,1-3H3. The van der Waals surface area contributed by atoms with E-state index in [4.69, 9.17) is 0 Å². The second-order valence-corrected chi connectivity index (χ2v) is 8.80. The molecule has 0 aromatic heterocycles. The van der Waals surface area contributed by atoms with E-state index in [1.807, 2.05) is 11.9 Å². The fraction of sp³-hybridized carbons (Fsp3) is 0.714. The molecule has 0 unspecified atom stereocenters. The number of rotatable bonds is 6. The van der Waals surface area contributed by atoms with E-state index in [1.165, 1.54) is 76.3 Å². The van der Waals surface area contributed by atoms with Crippen molar-refractivity contribution in [2.75, 3.05) is 57.0 Å². The maximum Gasteiger partial charge on any atom is 0.0366 e. The summed E-state index contributed by atoms with van der Waals surface area (Å²) in [6.07, 6.45) is 6.30. The van der Waals surface area contributed by atoms with Crippen molar-refractivity contribution >= 4 is 17.6 Å². The molecular formula is C21H35N3S. The molecule has 0 N–H and O–H groups in total. The largest absolute Gasteiger partial charge is 0.372 e. The first-order chi connectivity index (χ1) is 12.2. The van der Waals surface area contributed by atoms with Crippen LogP contribution in [0.3, 0.4) is 0 Å². The van der Waals surface area contributed by atoms with Crippen LogP contribution >= 0.6 is 11.9 Å². The highest BCUT2D eigenvalue weighted by molar-refractivity contribution is 7.96. The van der Waals surface area contributed by atoms with Crippen LogP contribution in [0.2, 0.25) is 0 Å². The third-order valence-corrected chi connectivity index (χ3v) is 6.86. The molecule has 3 rings (SSSR count). The highest BCUT2D eigenvalue weighted by Gasteiger charge is 2.21. The van der Waals surface area contributed by atoms with Crippen LogP contribution in [-0.4, -0.2) is 61.3 Å². The number of hydrogen-bond donors (Lipinski definition) is 0. The molecule has 0 atom stereocenters. The molecule has 2 aliphatic rings. The SMILES string of the molecule is CSN1CCN(CCC2CCN(c3ccc(C(C)C)cc3)CC2)CC1. The Labute approximate surface area is 158 Å². The van der Waals surface area contributed by atoms with Gasteiger partial charge in [-0.05, 0) is 61.6 Å². The first-order valence-corrected chi connectivity index (χ1v) is 11.2. The third-order valence-electron chi connectivity index (χ3n) is 5.98. The van der Waals surface area contributed by atoms with Crippen LogP contribution in [0.15, 0.2) is 24.3 Å². The predicted octanol–water partition coefficient (Wildman–Crippen LogP) is 4.31. The molecule has 2 heterocycles. The topological polar surface area (TPSA) is 9.72 Å². The van der Waals surface area contributed by atoms with Crippen molar-refractivity contribution in [2.45, 2.75) is 39.0 Å². The molecule has 3 nitrogen and oxygen atoms in total. The normalized spacial score (nSPS) is 21.2. The lowest BCUT2D eigenvalue weighted by atomic mass is 9.92. The molecular weight excluding hydrogens is 326 g/mol. The Morgan fingerprint density at radius 1 is 0.960 bits per heavy atom. The van der Waals surface area contributed by atoms with Crippen LogP contribution in [0.5, 0.6) is 0 Å². The average Bonchev–Trinajstić information content (AvgIpc) is 2.67. The minimum atomic E-state index is 0.623. The van der Waals surface area contributed by atoms with E-state index in [9.17, 15) is 0 Å². The summed E-state index contributed by atoms with van der Waals surface area (Å²) in [6, 6.07) is 9.25. The second-order valence-electron chi connectivity index (χ2n) is 7.92. The zero-order valence-electron chi connectivity index (χ0n) is 16.3. The Morgan fingerprint density at radius 2 is 1.60 bits per heavy atom. The van der Waals surface area contributed by atoms with Crippen molar-refractivity contribution in [1.82, 2.24) is 9.21 Å². The highest BCUT2D eigenvalue weighted by Crippen LogP contribution is 2.27. The summed E-state index contributed by atoms with van der Waals surface area (Å²) in [5.41, 5.74) is 2.86. The Hall–Kier alpha value is -0.710. The van der Waals surface area contributed by atoms with Gasteiger partial charge in [0.05, 0.1) is 0 Å². The summed E-state index contributed by atoms with van der Waals surface area (Å²) in [5, 5.41) is 0. The molecule has 0 radical (unpaired) electrons. The average molecular weight is 362 g/mol. The molecule has 0 aliphatic carbocycles. The summed E-state index contributed by atoms with van der Waals surface area (Å²) in [6.45, 7) is 13.2. The number of anilines is 1. The summed E-state index contributed by atoms with van der Waals surface area (Å²) in [5.74, 6) is 1.54. The van der Waals surface area contributed by atoms with Crippen molar-refractivity contribution in [3.63, 3.8) is 0 Å². The van der Waals surface area contributed by atoms with E-state index in [0.29, 0.717) is 5.92 Å². The molecule has 2 aliphatic heterocycles. The van der Waals surface area contributed by atoms with Crippen LogP contribution in [0.25, 0.3) is 0 Å². The summed E-state index contributed by atoms with van der Waals surface area (Å²) in [4.78, 5) is 5.25. The van der Waals surface area contributed by atoms with Gasteiger partial charge in [0.2, 0.25) is 0 Å². The van der Waals surface area contributed by atoms with Crippen LogP contribution < -0.4 is 4.90 Å². The van der Waals surface area contributed by atoms with E-state index in [-0.39, 0.29) is 0 Å². The van der Waals surface area contributed by atoms with E-state index >= 15 is 0 Å². The van der Waals surface area contributed by atoms with Gasteiger partial charge >= 0.3 is 0 Å². The molecule has 0 amide bonds. The van der Waals surface area contributed by atoms with E-state index in [0.717, 1.165) is 5.92 Å². The summed E-state index contributed by atoms with van der Waals surface area (Å²) in [7, 11) is 0. The molecule has 2 saturated heterocycles. The van der Waals surface area contributed by atoms with E-state index in [2.05, 4.69) is 58.5 Å². The number of piperidine rings is 1. The lowest BCUT2D eigenvalue weighted by Gasteiger charge is -2.36. The first kappa shape index (κ1) is 19.1. The van der Waals surface area contributed by atoms with Crippen LogP contribution in [0, 0.1) is 5.92 Å². The Kier molecular flexibility index (Phi) is 7.08. The maximum absolute atomic E-state index is 2.67. The molecule has 0 saturated carbocycles. The molecule has 0 bridgehead atoms. The molecule has 25 heavy (non-hydrogen) atoms. The smallest absolute Gasteiger partial charge is 0.0366 e. The fourth-order valence-corrected chi connectivity index (χ4v) is 4.58. The van der Waals surface area contributed by atoms with Gasteiger partial charge in [0.1, 0.15) is 0 Å². The van der Waals surface area contributed by atoms with Crippen LogP contribution in [0.4, 0.5) is 5.69 Å². The van der Waals surface area contributed by atoms with E-state index < -0.39 is 0 Å². The molecule has 1 aromatic rings. The lowest BCUT2D eigenvalue weighted by Crippen LogP contribution is -2.44. The molecule has 4 heteroatoms. The van der Waals surface area contributed by atoms with E-state index in [1.54, 1.807) is 0 Å². The maximum atomic E-state index is 2.67. The Balaban J connectivity index is 1.38. The van der Waals surface area contributed by atoms with Gasteiger partial charge in [0, 0.05) is 45.0 Å². The van der Waals surface area contributed by atoms with Gasteiger partial charge in [-0.2, -0.15) is 0 Å². The Morgan fingerprint density at radius 3 is 2.16 bits per heavy atom. The van der Waals surface area contributed by atoms with Gasteiger partial charge in [-0.1, -0.05) is 37.9 Å². The Bertz CT molecular complexity index is 500.